The van der Waals surface area contributed by atoms with Gasteiger partial charge in [-0.1, -0.05) is 23.5 Å². The SMILES string of the molecule is COc1cc2nc(NC(=O)Cn3c(=O)oc4ccccc43)sc2cc1OC. The molecule has 1 N–H and O–H groups in total. The van der Waals surface area contributed by atoms with E-state index in [1.807, 2.05) is 0 Å². The second kappa shape index (κ2) is 6.76. The van der Waals surface area contributed by atoms with Gasteiger partial charge in [-0.25, -0.2) is 9.78 Å². The van der Waals surface area contributed by atoms with E-state index < -0.39 is 5.76 Å². The molecule has 138 valence electrons. The quantitative estimate of drug-likeness (QED) is 0.568. The van der Waals surface area contributed by atoms with Gasteiger partial charge in [0.15, 0.2) is 22.2 Å². The van der Waals surface area contributed by atoms with Crippen molar-refractivity contribution in [2.45, 2.75) is 6.54 Å². The van der Waals surface area contributed by atoms with E-state index >= 15 is 0 Å². The topological polar surface area (TPSA) is 95.6 Å². The summed E-state index contributed by atoms with van der Waals surface area (Å²) in [7, 11) is 3.10. The number of hydrogen-bond acceptors (Lipinski definition) is 7. The van der Waals surface area contributed by atoms with Crippen LogP contribution in [0.15, 0.2) is 45.6 Å². The fraction of sp³-hybridized carbons (Fsp3) is 0.167. The van der Waals surface area contributed by atoms with Crippen LogP contribution in [0.4, 0.5) is 5.13 Å². The zero-order valence-corrected chi connectivity index (χ0v) is 15.3. The average molecular weight is 385 g/mol. The van der Waals surface area contributed by atoms with Crippen LogP contribution in [-0.2, 0) is 11.3 Å². The van der Waals surface area contributed by atoms with E-state index in [9.17, 15) is 9.59 Å². The number of aromatic nitrogens is 2. The molecule has 0 spiro atoms. The molecular formula is C18H15N3O5S. The number of amides is 1. The van der Waals surface area contributed by atoms with Gasteiger partial charge in [0.1, 0.15) is 6.54 Å². The predicted molar refractivity (Wildman–Crippen MR) is 102 cm³/mol. The van der Waals surface area contributed by atoms with Crippen molar-refractivity contribution in [2.75, 3.05) is 19.5 Å². The van der Waals surface area contributed by atoms with Gasteiger partial charge in [-0.2, -0.15) is 0 Å². The van der Waals surface area contributed by atoms with Gasteiger partial charge >= 0.3 is 5.76 Å². The molecule has 0 atom stereocenters. The Bertz CT molecular complexity index is 1170. The van der Waals surface area contributed by atoms with Crippen LogP contribution in [0.2, 0.25) is 0 Å². The van der Waals surface area contributed by atoms with Gasteiger partial charge in [0, 0.05) is 12.1 Å². The summed E-state index contributed by atoms with van der Waals surface area (Å²) < 4.78 is 17.8. The molecule has 0 unspecified atom stereocenters. The molecule has 27 heavy (non-hydrogen) atoms. The van der Waals surface area contributed by atoms with Gasteiger partial charge in [0.25, 0.3) is 0 Å². The molecule has 0 saturated heterocycles. The molecule has 0 aliphatic heterocycles. The lowest BCUT2D eigenvalue weighted by Crippen LogP contribution is -2.24. The summed E-state index contributed by atoms with van der Waals surface area (Å²) in [6.45, 7) is -0.168. The van der Waals surface area contributed by atoms with Crippen LogP contribution in [0.25, 0.3) is 21.3 Å². The standard InChI is InChI=1S/C18H15N3O5S/c1-24-13-7-10-15(8-14(13)25-2)27-17(19-10)20-16(22)9-21-11-5-3-4-6-12(11)26-18(21)23/h3-8H,9H2,1-2H3,(H,19,20,22). The summed E-state index contributed by atoms with van der Waals surface area (Å²) in [4.78, 5) is 28.8. The molecule has 4 rings (SSSR count). The second-order valence-corrected chi connectivity index (χ2v) is 6.69. The third-order valence-electron chi connectivity index (χ3n) is 4.02. The van der Waals surface area contributed by atoms with E-state index in [4.69, 9.17) is 13.9 Å². The summed E-state index contributed by atoms with van der Waals surface area (Å²) in [5.41, 5.74) is 1.68. The van der Waals surface area contributed by atoms with Crippen molar-refractivity contribution in [2.24, 2.45) is 0 Å². The summed E-state index contributed by atoms with van der Waals surface area (Å²) >= 11 is 1.31. The Balaban J connectivity index is 1.59. The van der Waals surface area contributed by atoms with E-state index in [1.165, 1.54) is 15.9 Å². The van der Waals surface area contributed by atoms with Crippen molar-refractivity contribution in [3.05, 3.63) is 46.9 Å². The van der Waals surface area contributed by atoms with Crippen molar-refractivity contribution in [3.8, 4) is 11.5 Å². The monoisotopic (exact) mass is 385 g/mol. The fourth-order valence-corrected chi connectivity index (χ4v) is 3.67. The molecule has 9 heteroatoms. The summed E-state index contributed by atoms with van der Waals surface area (Å²) in [6, 6.07) is 10.5. The van der Waals surface area contributed by atoms with Crippen molar-refractivity contribution >= 4 is 43.7 Å². The molecule has 0 aliphatic rings. The fourth-order valence-electron chi connectivity index (χ4n) is 2.77. The first-order valence-corrected chi connectivity index (χ1v) is 8.81. The van der Waals surface area contributed by atoms with Crippen LogP contribution in [0.1, 0.15) is 0 Å². The smallest absolute Gasteiger partial charge is 0.420 e. The molecule has 2 heterocycles. The van der Waals surface area contributed by atoms with Gasteiger partial charge in [-0.05, 0) is 12.1 Å². The van der Waals surface area contributed by atoms with E-state index in [0.29, 0.717) is 33.2 Å². The summed E-state index contributed by atoms with van der Waals surface area (Å²) in [5.74, 6) is 0.194. The first-order chi connectivity index (χ1) is 13.1. The third kappa shape index (κ3) is 3.13. The Labute approximate surface area is 156 Å². The Hall–Kier alpha value is -3.33. The third-order valence-corrected chi connectivity index (χ3v) is 4.95. The molecular weight excluding hydrogens is 370 g/mol. The number of ether oxygens (including phenoxy) is 2. The zero-order chi connectivity index (χ0) is 19.0. The number of rotatable bonds is 5. The molecule has 0 bridgehead atoms. The van der Waals surface area contributed by atoms with E-state index in [-0.39, 0.29) is 12.5 Å². The van der Waals surface area contributed by atoms with E-state index in [1.54, 1.807) is 50.6 Å². The predicted octanol–water partition coefficient (Wildman–Crippen LogP) is 2.86. The molecule has 2 aromatic carbocycles. The van der Waals surface area contributed by atoms with Gasteiger partial charge in [-0.15, -0.1) is 0 Å². The van der Waals surface area contributed by atoms with E-state index in [0.717, 1.165) is 4.70 Å². The molecule has 2 aromatic heterocycles. The van der Waals surface area contributed by atoms with Crippen LogP contribution in [0.3, 0.4) is 0 Å². The van der Waals surface area contributed by atoms with Crippen molar-refractivity contribution in [1.82, 2.24) is 9.55 Å². The minimum atomic E-state index is -0.579. The largest absolute Gasteiger partial charge is 0.493 e. The van der Waals surface area contributed by atoms with Crippen molar-refractivity contribution < 1.29 is 18.7 Å². The number of para-hydroxylation sites is 2. The zero-order valence-electron chi connectivity index (χ0n) is 14.5. The van der Waals surface area contributed by atoms with Gasteiger partial charge < -0.3 is 19.2 Å². The highest BCUT2D eigenvalue weighted by Crippen LogP contribution is 2.36. The summed E-state index contributed by atoms with van der Waals surface area (Å²) in [6.07, 6.45) is 0. The molecule has 4 aromatic rings. The van der Waals surface area contributed by atoms with Crippen LogP contribution < -0.4 is 20.5 Å². The minimum Gasteiger partial charge on any atom is -0.493 e. The number of oxazole rings is 1. The molecule has 8 nitrogen and oxygen atoms in total. The number of carbonyl (C=O) groups is 1. The molecule has 0 aliphatic carbocycles. The van der Waals surface area contributed by atoms with Crippen LogP contribution >= 0.6 is 11.3 Å². The number of nitrogens with zero attached hydrogens (tertiary/aromatic N) is 2. The number of methoxy groups -OCH3 is 2. The summed E-state index contributed by atoms with van der Waals surface area (Å²) in [5, 5.41) is 3.14. The van der Waals surface area contributed by atoms with E-state index in [2.05, 4.69) is 10.3 Å². The van der Waals surface area contributed by atoms with Gasteiger partial charge in [-0.3, -0.25) is 9.36 Å². The highest BCUT2D eigenvalue weighted by atomic mass is 32.1. The van der Waals surface area contributed by atoms with Crippen molar-refractivity contribution in [1.29, 1.82) is 0 Å². The number of benzene rings is 2. The second-order valence-electron chi connectivity index (χ2n) is 5.66. The van der Waals surface area contributed by atoms with Gasteiger partial charge in [0.05, 0.1) is 30.0 Å². The first kappa shape index (κ1) is 17.1. The molecule has 0 saturated carbocycles. The Morgan fingerprint density at radius 2 is 1.96 bits per heavy atom. The van der Waals surface area contributed by atoms with Crippen LogP contribution in [-0.4, -0.2) is 29.7 Å². The highest BCUT2D eigenvalue weighted by molar-refractivity contribution is 7.22. The van der Waals surface area contributed by atoms with Crippen LogP contribution in [0.5, 0.6) is 11.5 Å². The lowest BCUT2D eigenvalue weighted by molar-refractivity contribution is -0.116. The maximum absolute atomic E-state index is 12.4. The lowest BCUT2D eigenvalue weighted by atomic mass is 10.3. The molecule has 1 amide bonds. The Kier molecular flexibility index (Phi) is 4.28. The Morgan fingerprint density at radius 3 is 2.74 bits per heavy atom. The number of nitrogens with one attached hydrogen (secondary N) is 1. The lowest BCUT2D eigenvalue weighted by Gasteiger charge is -2.05. The molecule has 0 radical (unpaired) electrons. The first-order valence-electron chi connectivity index (χ1n) is 8.00. The maximum Gasteiger partial charge on any atom is 0.420 e. The Morgan fingerprint density at radius 1 is 1.22 bits per heavy atom. The normalized spacial score (nSPS) is 11.0. The number of hydrogen-bond donors (Lipinski definition) is 1. The maximum atomic E-state index is 12.4. The van der Waals surface area contributed by atoms with Gasteiger partial charge in [0.2, 0.25) is 5.91 Å². The number of carbonyl (C=O) groups excluding carboxylic acids is 1. The number of thiazole rings is 1. The molecule has 0 fully saturated rings. The minimum absolute atomic E-state index is 0.168. The van der Waals surface area contributed by atoms with Crippen molar-refractivity contribution in [3.63, 3.8) is 0 Å². The average Bonchev–Trinajstić information content (AvgIpc) is 3.20. The number of fused-ring (bicyclic) bond motifs is 2. The number of anilines is 1. The highest BCUT2D eigenvalue weighted by Gasteiger charge is 2.15. The van der Waals surface area contributed by atoms with Crippen LogP contribution in [0, 0.1) is 0 Å².